The van der Waals surface area contributed by atoms with Crippen molar-refractivity contribution in [3.63, 3.8) is 0 Å². The van der Waals surface area contributed by atoms with Crippen LogP contribution in [0, 0.1) is 0 Å². The van der Waals surface area contributed by atoms with Crippen molar-refractivity contribution in [2.24, 2.45) is 12.8 Å². The first-order chi connectivity index (χ1) is 8.17. The zero-order valence-corrected chi connectivity index (χ0v) is 11.1. The standard InChI is InChI=1S/C13H24N4/c1-4-12-6-5-10(2)17(12)13(7-14)11-8-15-16(3)9-11/h8-10,12-13H,4-7,14H2,1-3H3. The van der Waals surface area contributed by atoms with Crippen LogP contribution < -0.4 is 5.73 Å². The van der Waals surface area contributed by atoms with Crippen molar-refractivity contribution >= 4 is 0 Å². The molecule has 4 nitrogen and oxygen atoms in total. The Kier molecular flexibility index (Phi) is 3.84. The summed E-state index contributed by atoms with van der Waals surface area (Å²) in [5, 5.41) is 4.27. The fraction of sp³-hybridized carbons (Fsp3) is 0.769. The van der Waals surface area contributed by atoms with Crippen LogP contribution >= 0.6 is 0 Å². The van der Waals surface area contributed by atoms with Crippen LogP contribution in [0.2, 0.25) is 0 Å². The van der Waals surface area contributed by atoms with Crippen molar-refractivity contribution in [1.29, 1.82) is 0 Å². The van der Waals surface area contributed by atoms with E-state index in [0.29, 0.717) is 24.7 Å². The maximum Gasteiger partial charge on any atom is 0.0538 e. The van der Waals surface area contributed by atoms with Gasteiger partial charge in [0.1, 0.15) is 0 Å². The van der Waals surface area contributed by atoms with Gasteiger partial charge in [0.2, 0.25) is 0 Å². The number of nitrogens with two attached hydrogens (primary N) is 1. The smallest absolute Gasteiger partial charge is 0.0538 e. The number of hydrogen-bond donors (Lipinski definition) is 1. The SMILES string of the molecule is CCC1CCC(C)N1C(CN)c1cnn(C)c1. The van der Waals surface area contributed by atoms with Gasteiger partial charge in [0.15, 0.2) is 0 Å². The fourth-order valence-corrected chi connectivity index (χ4v) is 3.11. The molecular weight excluding hydrogens is 212 g/mol. The lowest BCUT2D eigenvalue weighted by Crippen LogP contribution is -2.40. The molecule has 96 valence electrons. The monoisotopic (exact) mass is 236 g/mol. The first-order valence-corrected chi connectivity index (χ1v) is 6.63. The van der Waals surface area contributed by atoms with E-state index in [4.69, 9.17) is 5.73 Å². The molecular formula is C13H24N4. The molecule has 1 aromatic rings. The molecule has 1 aliphatic rings. The summed E-state index contributed by atoms with van der Waals surface area (Å²) in [5.41, 5.74) is 7.25. The lowest BCUT2D eigenvalue weighted by molar-refractivity contribution is 0.137. The van der Waals surface area contributed by atoms with Gasteiger partial charge in [-0.25, -0.2) is 0 Å². The van der Waals surface area contributed by atoms with E-state index in [1.54, 1.807) is 0 Å². The molecule has 1 aliphatic heterocycles. The maximum atomic E-state index is 5.99. The third-order valence-corrected chi connectivity index (χ3v) is 4.01. The molecule has 0 saturated carbocycles. The Morgan fingerprint density at radius 1 is 1.53 bits per heavy atom. The molecule has 2 heterocycles. The van der Waals surface area contributed by atoms with Crippen molar-refractivity contribution in [2.75, 3.05) is 6.54 Å². The number of rotatable bonds is 4. The molecule has 0 aliphatic carbocycles. The van der Waals surface area contributed by atoms with E-state index >= 15 is 0 Å². The molecule has 3 unspecified atom stereocenters. The van der Waals surface area contributed by atoms with Gasteiger partial charge in [-0.3, -0.25) is 9.58 Å². The van der Waals surface area contributed by atoms with Crippen molar-refractivity contribution in [2.45, 2.75) is 51.2 Å². The molecule has 0 aromatic carbocycles. The summed E-state index contributed by atoms with van der Waals surface area (Å²) in [5.74, 6) is 0. The number of hydrogen-bond acceptors (Lipinski definition) is 3. The summed E-state index contributed by atoms with van der Waals surface area (Å²) < 4.78 is 1.86. The number of likely N-dealkylation sites (tertiary alicyclic amines) is 1. The van der Waals surface area contributed by atoms with Crippen molar-refractivity contribution in [3.05, 3.63) is 18.0 Å². The highest BCUT2D eigenvalue weighted by atomic mass is 15.3. The Morgan fingerprint density at radius 2 is 2.29 bits per heavy atom. The Balaban J connectivity index is 2.22. The number of nitrogens with zero attached hydrogens (tertiary/aromatic N) is 3. The van der Waals surface area contributed by atoms with Gasteiger partial charge in [0, 0.05) is 37.4 Å². The van der Waals surface area contributed by atoms with Gasteiger partial charge >= 0.3 is 0 Å². The van der Waals surface area contributed by atoms with Gasteiger partial charge < -0.3 is 5.73 Å². The van der Waals surface area contributed by atoms with Crippen molar-refractivity contribution in [3.8, 4) is 0 Å². The highest BCUT2D eigenvalue weighted by molar-refractivity contribution is 5.13. The summed E-state index contributed by atoms with van der Waals surface area (Å²) in [6, 6.07) is 1.64. The first-order valence-electron chi connectivity index (χ1n) is 6.63. The highest BCUT2D eigenvalue weighted by Crippen LogP contribution is 2.34. The molecule has 3 atom stereocenters. The van der Waals surface area contributed by atoms with E-state index in [-0.39, 0.29) is 0 Å². The maximum absolute atomic E-state index is 5.99. The molecule has 0 spiro atoms. The van der Waals surface area contributed by atoms with E-state index in [2.05, 4.69) is 30.0 Å². The van der Waals surface area contributed by atoms with Crippen LogP contribution in [0.3, 0.4) is 0 Å². The van der Waals surface area contributed by atoms with Crippen LogP contribution in [0.15, 0.2) is 12.4 Å². The lowest BCUT2D eigenvalue weighted by Gasteiger charge is -2.35. The Labute approximate surface area is 104 Å². The molecule has 17 heavy (non-hydrogen) atoms. The molecule has 0 bridgehead atoms. The second-order valence-corrected chi connectivity index (χ2v) is 5.13. The van der Waals surface area contributed by atoms with Crippen LogP contribution in [0.25, 0.3) is 0 Å². The van der Waals surface area contributed by atoms with E-state index in [1.807, 2.05) is 17.9 Å². The largest absolute Gasteiger partial charge is 0.329 e. The average molecular weight is 236 g/mol. The van der Waals surface area contributed by atoms with Crippen LogP contribution in [-0.4, -0.2) is 33.3 Å². The molecule has 2 rings (SSSR count). The van der Waals surface area contributed by atoms with Crippen LogP contribution in [-0.2, 0) is 7.05 Å². The van der Waals surface area contributed by atoms with E-state index in [9.17, 15) is 0 Å². The van der Waals surface area contributed by atoms with Gasteiger partial charge in [-0.1, -0.05) is 6.92 Å². The molecule has 2 N–H and O–H groups in total. The first kappa shape index (κ1) is 12.6. The predicted octanol–water partition coefficient (Wildman–Crippen LogP) is 1.68. The Hall–Kier alpha value is -0.870. The normalized spacial score (nSPS) is 27.5. The Morgan fingerprint density at radius 3 is 2.82 bits per heavy atom. The lowest BCUT2D eigenvalue weighted by atomic mass is 10.1. The van der Waals surface area contributed by atoms with Crippen molar-refractivity contribution < 1.29 is 0 Å². The predicted molar refractivity (Wildman–Crippen MR) is 69.6 cm³/mol. The topological polar surface area (TPSA) is 47.1 Å². The molecule has 1 fully saturated rings. The quantitative estimate of drug-likeness (QED) is 0.865. The summed E-state index contributed by atoms with van der Waals surface area (Å²) >= 11 is 0. The summed E-state index contributed by atoms with van der Waals surface area (Å²) in [4.78, 5) is 2.59. The highest BCUT2D eigenvalue weighted by Gasteiger charge is 2.35. The minimum Gasteiger partial charge on any atom is -0.329 e. The summed E-state index contributed by atoms with van der Waals surface area (Å²) in [6.45, 7) is 5.26. The van der Waals surface area contributed by atoms with Crippen LogP contribution in [0.5, 0.6) is 0 Å². The minimum atomic E-state index is 0.325. The fourth-order valence-electron chi connectivity index (χ4n) is 3.11. The second kappa shape index (κ2) is 5.19. The van der Waals surface area contributed by atoms with E-state index < -0.39 is 0 Å². The number of aryl methyl sites for hydroxylation is 1. The zero-order valence-electron chi connectivity index (χ0n) is 11.1. The van der Waals surface area contributed by atoms with Gasteiger partial charge in [-0.15, -0.1) is 0 Å². The molecule has 1 aromatic heterocycles. The minimum absolute atomic E-state index is 0.325. The molecule has 1 saturated heterocycles. The van der Waals surface area contributed by atoms with E-state index in [1.165, 1.54) is 24.8 Å². The number of aromatic nitrogens is 2. The third kappa shape index (κ3) is 2.38. The molecule has 0 radical (unpaired) electrons. The van der Waals surface area contributed by atoms with E-state index in [0.717, 1.165) is 0 Å². The van der Waals surface area contributed by atoms with Gasteiger partial charge in [0.25, 0.3) is 0 Å². The summed E-state index contributed by atoms with van der Waals surface area (Å²) in [6.07, 6.45) is 7.84. The third-order valence-electron chi connectivity index (χ3n) is 4.01. The van der Waals surface area contributed by atoms with Crippen LogP contribution in [0.4, 0.5) is 0 Å². The van der Waals surface area contributed by atoms with Crippen molar-refractivity contribution in [1.82, 2.24) is 14.7 Å². The van der Waals surface area contributed by atoms with Crippen LogP contribution in [0.1, 0.15) is 44.7 Å². The van der Waals surface area contributed by atoms with Gasteiger partial charge in [0.05, 0.1) is 12.2 Å². The van der Waals surface area contributed by atoms with Gasteiger partial charge in [-0.05, 0) is 26.2 Å². The Bertz CT molecular complexity index is 360. The second-order valence-electron chi connectivity index (χ2n) is 5.13. The van der Waals surface area contributed by atoms with Gasteiger partial charge in [-0.2, -0.15) is 5.10 Å². The molecule has 4 heteroatoms. The zero-order chi connectivity index (χ0) is 12.4. The molecule has 0 amide bonds. The summed E-state index contributed by atoms with van der Waals surface area (Å²) in [7, 11) is 1.96. The average Bonchev–Trinajstić information content (AvgIpc) is 2.89.